The maximum Gasteiger partial charge on any atom is 0.0948 e. The molecule has 4 nitrogen and oxygen atoms in total. The molecule has 6 aromatic carbocycles. The topological polar surface area (TPSA) is 48.1 Å². The summed E-state index contributed by atoms with van der Waals surface area (Å²) in [5.41, 5.74) is 6.49. The molecule has 0 atom stereocenters. The normalized spacial score (nSPS) is 11.8. The minimum Gasteiger partial charge on any atom is -0.314 e. The molecule has 0 aliphatic rings. The zero-order valence-electron chi connectivity index (χ0n) is 27.6. The van der Waals surface area contributed by atoms with Crippen molar-refractivity contribution in [2.45, 2.75) is 11.1 Å². The second-order valence-electron chi connectivity index (χ2n) is 12.0. The lowest BCUT2D eigenvalue weighted by molar-refractivity contribution is 0.453. The Morgan fingerprint density at radius 3 is 0.646 bits per heavy atom. The Labute approximate surface area is 286 Å². The molecule has 0 heterocycles. The molecular weight excluding hydrogens is 585 g/mol. The molecule has 242 valence electrons. The number of hydrogen-bond donors (Lipinski definition) is 4. The molecule has 0 saturated carbocycles. The van der Waals surface area contributed by atoms with Crippen molar-refractivity contribution < 1.29 is 0 Å². The van der Waals surface area contributed by atoms with Gasteiger partial charge in [0.05, 0.1) is 11.1 Å². The van der Waals surface area contributed by atoms with Crippen molar-refractivity contribution in [3.05, 3.63) is 215 Å². The molecule has 0 saturated heterocycles. The molecule has 0 fully saturated rings. The van der Waals surface area contributed by atoms with E-state index in [1.165, 1.54) is 33.4 Å². The summed E-state index contributed by atoms with van der Waals surface area (Å²) in [6.07, 6.45) is 0. The van der Waals surface area contributed by atoms with E-state index in [-0.39, 0.29) is 0 Å². The van der Waals surface area contributed by atoms with E-state index in [1.54, 1.807) is 0 Å². The van der Waals surface area contributed by atoms with Crippen LogP contribution in [0.1, 0.15) is 33.4 Å². The van der Waals surface area contributed by atoms with Crippen LogP contribution in [0.3, 0.4) is 0 Å². The average Bonchev–Trinajstić information content (AvgIpc) is 3.18. The van der Waals surface area contributed by atoms with E-state index in [0.717, 1.165) is 39.3 Å². The fraction of sp³-hybridized carbons (Fsp3) is 0.182. The first-order valence-electron chi connectivity index (χ1n) is 17.1. The Kier molecular flexibility index (Phi) is 11.6. The summed E-state index contributed by atoms with van der Waals surface area (Å²) in [7, 11) is 0. The monoisotopic (exact) mass is 630 g/mol. The number of hydrogen-bond acceptors (Lipinski definition) is 4. The molecule has 6 aromatic rings. The molecule has 6 rings (SSSR count). The minimum atomic E-state index is -0.446. The number of benzene rings is 6. The predicted octanol–water partition coefficient (Wildman–Crippen LogP) is 7.33. The first kappa shape index (κ1) is 33.1. The third-order valence-electron chi connectivity index (χ3n) is 9.10. The standard InChI is InChI=1S/C44H46N4/c1-7-19-37(20-8-1)43(38-21-9-2-10-22-38,39-23-11-3-12-24-39)47-35-33-45-31-32-46-34-36-48-44(40-25-13-4-14-26-40,41-27-15-5-16-28-41)42-29-17-6-18-30-42/h1-30,45-48H,31-36H2. The molecule has 0 aliphatic carbocycles. The highest BCUT2D eigenvalue weighted by atomic mass is 15.0. The van der Waals surface area contributed by atoms with Crippen molar-refractivity contribution >= 4 is 0 Å². The van der Waals surface area contributed by atoms with Crippen LogP contribution in [0.2, 0.25) is 0 Å². The van der Waals surface area contributed by atoms with E-state index in [2.05, 4.69) is 203 Å². The molecule has 0 unspecified atom stereocenters. The second-order valence-corrected chi connectivity index (χ2v) is 12.0. The summed E-state index contributed by atoms with van der Waals surface area (Å²) < 4.78 is 0. The Hall–Kier alpha value is -4.84. The Morgan fingerprint density at radius 2 is 0.438 bits per heavy atom. The van der Waals surface area contributed by atoms with Crippen molar-refractivity contribution in [1.82, 2.24) is 21.3 Å². The lowest BCUT2D eigenvalue weighted by Gasteiger charge is -2.37. The number of nitrogens with one attached hydrogen (secondary N) is 4. The zero-order valence-corrected chi connectivity index (χ0v) is 27.6. The Bertz CT molecular complexity index is 1420. The van der Waals surface area contributed by atoms with Gasteiger partial charge in [0.25, 0.3) is 0 Å². The molecule has 0 radical (unpaired) electrons. The molecule has 48 heavy (non-hydrogen) atoms. The molecule has 0 aromatic heterocycles. The maximum absolute atomic E-state index is 3.96. The third-order valence-corrected chi connectivity index (χ3v) is 9.10. The van der Waals surface area contributed by atoms with Gasteiger partial charge in [-0.15, -0.1) is 0 Å². The molecule has 0 amide bonds. The number of rotatable bonds is 17. The van der Waals surface area contributed by atoms with E-state index < -0.39 is 11.1 Å². The minimum absolute atomic E-state index is 0.446. The van der Waals surface area contributed by atoms with Gasteiger partial charge in [-0.2, -0.15) is 0 Å². The molecule has 0 aliphatic heterocycles. The van der Waals surface area contributed by atoms with Crippen LogP contribution >= 0.6 is 0 Å². The summed E-state index contributed by atoms with van der Waals surface area (Å²) in [6, 6.07) is 64.7. The van der Waals surface area contributed by atoms with Crippen LogP contribution in [0.15, 0.2) is 182 Å². The lowest BCUT2D eigenvalue weighted by Crippen LogP contribution is -2.48. The van der Waals surface area contributed by atoms with E-state index in [4.69, 9.17) is 0 Å². The van der Waals surface area contributed by atoms with E-state index in [9.17, 15) is 0 Å². The molecule has 0 bridgehead atoms. The van der Waals surface area contributed by atoms with Crippen LogP contribution < -0.4 is 21.3 Å². The summed E-state index contributed by atoms with van der Waals surface area (Å²) >= 11 is 0. The molecule has 4 N–H and O–H groups in total. The molecule has 0 spiro atoms. The fourth-order valence-corrected chi connectivity index (χ4v) is 6.84. The summed E-state index contributed by atoms with van der Waals surface area (Å²) in [6.45, 7) is 5.11. The van der Waals surface area contributed by atoms with E-state index in [1.807, 2.05) is 0 Å². The highest BCUT2D eigenvalue weighted by Crippen LogP contribution is 2.37. The van der Waals surface area contributed by atoms with Crippen LogP contribution in [0, 0.1) is 0 Å². The second kappa shape index (κ2) is 16.8. The van der Waals surface area contributed by atoms with Gasteiger partial charge in [-0.1, -0.05) is 182 Å². The van der Waals surface area contributed by atoms with Gasteiger partial charge in [0, 0.05) is 39.3 Å². The third kappa shape index (κ3) is 7.49. The smallest absolute Gasteiger partial charge is 0.0948 e. The van der Waals surface area contributed by atoms with Gasteiger partial charge in [-0.25, -0.2) is 0 Å². The van der Waals surface area contributed by atoms with Gasteiger partial charge in [-0.3, -0.25) is 10.6 Å². The van der Waals surface area contributed by atoms with E-state index >= 15 is 0 Å². The van der Waals surface area contributed by atoms with Crippen LogP contribution in [-0.4, -0.2) is 39.3 Å². The van der Waals surface area contributed by atoms with Gasteiger partial charge in [0.1, 0.15) is 0 Å². The summed E-state index contributed by atoms with van der Waals surface area (Å²) in [5, 5.41) is 15.2. The van der Waals surface area contributed by atoms with Gasteiger partial charge in [0.2, 0.25) is 0 Å². The average molecular weight is 631 g/mol. The van der Waals surface area contributed by atoms with Gasteiger partial charge >= 0.3 is 0 Å². The molecular formula is C44H46N4. The van der Waals surface area contributed by atoms with Crippen LogP contribution in [0.25, 0.3) is 0 Å². The largest absolute Gasteiger partial charge is 0.314 e. The zero-order chi connectivity index (χ0) is 32.7. The Balaban J connectivity index is 1.05. The summed E-state index contributed by atoms with van der Waals surface area (Å²) in [5.74, 6) is 0. The maximum atomic E-state index is 3.96. The van der Waals surface area contributed by atoms with Gasteiger partial charge in [-0.05, 0) is 33.4 Å². The van der Waals surface area contributed by atoms with Crippen molar-refractivity contribution in [3.63, 3.8) is 0 Å². The van der Waals surface area contributed by atoms with E-state index in [0.29, 0.717) is 0 Å². The van der Waals surface area contributed by atoms with Crippen LogP contribution in [0.5, 0.6) is 0 Å². The van der Waals surface area contributed by atoms with Crippen LogP contribution in [0.4, 0.5) is 0 Å². The fourth-order valence-electron chi connectivity index (χ4n) is 6.84. The molecule has 4 heteroatoms. The van der Waals surface area contributed by atoms with Gasteiger partial charge < -0.3 is 10.6 Å². The first-order valence-corrected chi connectivity index (χ1v) is 17.1. The quantitative estimate of drug-likeness (QED) is 0.0630. The van der Waals surface area contributed by atoms with Crippen LogP contribution in [-0.2, 0) is 11.1 Å². The van der Waals surface area contributed by atoms with Crippen molar-refractivity contribution in [3.8, 4) is 0 Å². The predicted molar refractivity (Wildman–Crippen MR) is 200 cm³/mol. The lowest BCUT2D eigenvalue weighted by atomic mass is 9.77. The first-order chi connectivity index (χ1) is 23.8. The summed E-state index contributed by atoms with van der Waals surface area (Å²) in [4.78, 5) is 0. The van der Waals surface area contributed by atoms with Gasteiger partial charge in [0.15, 0.2) is 0 Å². The van der Waals surface area contributed by atoms with Crippen molar-refractivity contribution in [1.29, 1.82) is 0 Å². The van der Waals surface area contributed by atoms with Crippen molar-refractivity contribution in [2.75, 3.05) is 39.3 Å². The Morgan fingerprint density at radius 1 is 0.250 bits per heavy atom. The SMILES string of the molecule is c1ccc(C(NCCNCCNCCNC(c2ccccc2)(c2ccccc2)c2ccccc2)(c2ccccc2)c2ccccc2)cc1. The highest BCUT2D eigenvalue weighted by Gasteiger charge is 2.36. The van der Waals surface area contributed by atoms with Crippen molar-refractivity contribution in [2.24, 2.45) is 0 Å². The highest BCUT2D eigenvalue weighted by molar-refractivity contribution is 5.50.